The summed E-state index contributed by atoms with van der Waals surface area (Å²) in [6.45, 7) is 2.09. The number of carbonyl (C=O) groups excluding carboxylic acids is 4. The van der Waals surface area contributed by atoms with Gasteiger partial charge in [0.1, 0.15) is 36.5 Å². The first kappa shape index (κ1) is 46.1. The number of aliphatic hydroxyl groups is 2. The number of nitrogens with one attached hydrogen (secondary N) is 1. The maximum Gasteiger partial charge on any atom is 0.421 e. The highest BCUT2D eigenvalue weighted by Crippen LogP contribution is 2.66. The molecule has 3 saturated heterocycles. The highest BCUT2D eigenvalue weighted by atomic mass is 16.6. The third-order valence-electron chi connectivity index (χ3n) is 13.0. The lowest BCUT2D eigenvalue weighted by molar-refractivity contribution is -0.177. The standard InChI is InChI=1S/C53H52N4O11/c1-64-32-33-67-52(63)56-43-24-15-35(10-8-9-27-58)34-42(43)53(51(56)62)44(49(60)54-39-18-20-40(21-19-39)55-25-29-65-30-26-55)46-50(61)68-47(37-13-6-3-7-14-37)45(36-11-4-2-5-12-36)57(46)48(53)38-16-22-41(23-17-38)66-31-28-59/h2-7,11-24,34,44-48,58-59H,9,25-33H2,1H3,(H,54,60)/t44-,45-,46-,47+,48+,53-/m1/s1. The van der Waals surface area contributed by atoms with E-state index in [9.17, 15) is 15.0 Å². The molecule has 0 bridgehead atoms. The van der Waals surface area contributed by atoms with Crippen molar-refractivity contribution < 1.29 is 53.1 Å². The van der Waals surface area contributed by atoms with Gasteiger partial charge in [0.05, 0.1) is 56.7 Å². The zero-order valence-corrected chi connectivity index (χ0v) is 37.5. The summed E-state index contributed by atoms with van der Waals surface area (Å²) in [6, 6.07) is 34.7. The number of hydrogen-bond acceptors (Lipinski definition) is 13. The number of aliphatic hydroxyl groups excluding tert-OH is 2. The van der Waals surface area contributed by atoms with Crippen LogP contribution in [0.4, 0.5) is 21.9 Å². The van der Waals surface area contributed by atoms with Crippen molar-refractivity contribution in [2.24, 2.45) is 5.92 Å². The molecule has 1 spiro atoms. The first-order valence-electron chi connectivity index (χ1n) is 22.7. The van der Waals surface area contributed by atoms with E-state index >= 15 is 14.4 Å². The van der Waals surface area contributed by atoms with Gasteiger partial charge in [0, 0.05) is 43.6 Å². The molecule has 350 valence electrons. The van der Waals surface area contributed by atoms with E-state index in [0.29, 0.717) is 54.4 Å². The van der Waals surface area contributed by atoms with Gasteiger partial charge in [-0.15, -0.1) is 0 Å². The maximum atomic E-state index is 16.4. The van der Waals surface area contributed by atoms with E-state index in [1.165, 1.54) is 7.11 Å². The number of methoxy groups -OCH3 is 1. The first-order valence-corrected chi connectivity index (χ1v) is 22.7. The van der Waals surface area contributed by atoms with E-state index in [0.717, 1.165) is 16.2 Å². The molecule has 3 amide bonds. The average Bonchev–Trinajstić information content (AvgIpc) is 3.83. The Labute approximate surface area is 394 Å². The molecule has 3 fully saturated rings. The second kappa shape index (κ2) is 20.4. The van der Waals surface area contributed by atoms with Gasteiger partial charge in [0.2, 0.25) is 11.8 Å². The van der Waals surface area contributed by atoms with Gasteiger partial charge >= 0.3 is 12.1 Å². The van der Waals surface area contributed by atoms with E-state index in [-0.39, 0.29) is 50.7 Å². The van der Waals surface area contributed by atoms with E-state index in [1.807, 2.05) is 77.7 Å². The van der Waals surface area contributed by atoms with Crippen molar-refractivity contribution in [3.8, 4) is 17.6 Å². The smallest absolute Gasteiger partial charge is 0.421 e. The maximum absolute atomic E-state index is 16.4. The number of imide groups is 1. The van der Waals surface area contributed by atoms with Crippen LogP contribution in [0, 0.1) is 17.8 Å². The number of amides is 3. The molecule has 15 heteroatoms. The van der Waals surface area contributed by atoms with Gasteiger partial charge in [-0.1, -0.05) is 84.6 Å². The number of cyclic esters (lactones) is 1. The molecule has 5 aromatic rings. The molecule has 4 aliphatic rings. The molecule has 68 heavy (non-hydrogen) atoms. The van der Waals surface area contributed by atoms with Gasteiger partial charge < -0.3 is 44.1 Å². The van der Waals surface area contributed by atoms with Crippen molar-refractivity contribution in [1.82, 2.24) is 4.90 Å². The summed E-state index contributed by atoms with van der Waals surface area (Å²) in [5.41, 5.74) is 2.10. The van der Waals surface area contributed by atoms with Crippen molar-refractivity contribution in [1.29, 1.82) is 0 Å². The minimum absolute atomic E-state index is 0.0311. The minimum Gasteiger partial charge on any atom is -0.491 e. The van der Waals surface area contributed by atoms with E-state index in [2.05, 4.69) is 22.1 Å². The van der Waals surface area contributed by atoms with E-state index < -0.39 is 59.4 Å². The third kappa shape index (κ3) is 8.57. The number of benzene rings is 5. The fraction of sp³-hybridized carbons (Fsp3) is 0.321. The second-order valence-corrected chi connectivity index (χ2v) is 16.8. The molecule has 3 N–H and O–H groups in total. The molecule has 15 nitrogen and oxygen atoms in total. The molecular weight excluding hydrogens is 869 g/mol. The van der Waals surface area contributed by atoms with Crippen LogP contribution in [0.25, 0.3) is 0 Å². The number of carbonyl (C=O) groups is 4. The second-order valence-electron chi connectivity index (χ2n) is 16.8. The van der Waals surface area contributed by atoms with Gasteiger partial charge in [-0.25, -0.2) is 9.69 Å². The van der Waals surface area contributed by atoms with Gasteiger partial charge in [0.25, 0.3) is 0 Å². The summed E-state index contributed by atoms with van der Waals surface area (Å²) >= 11 is 0. The molecule has 6 atom stereocenters. The lowest BCUT2D eigenvalue weighted by Gasteiger charge is -2.46. The lowest BCUT2D eigenvalue weighted by atomic mass is 9.65. The molecule has 0 saturated carbocycles. The summed E-state index contributed by atoms with van der Waals surface area (Å²) in [6.07, 6.45) is -1.75. The first-order chi connectivity index (χ1) is 33.3. The fourth-order valence-electron chi connectivity index (χ4n) is 10.2. The van der Waals surface area contributed by atoms with Gasteiger partial charge in [0.15, 0.2) is 0 Å². The van der Waals surface area contributed by atoms with Crippen molar-refractivity contribution in [2.45, 2.75) is 36.1 Å². The van der Waals surface area contributed by atoms with Gasteiger partial charge in [-0.3, -0.25) is 19.3 Å². The average molecular weight is 921 g/mol. The Morgan fingerprint density at radius 3 is 2.18 bits per heavy atom. The van der Waals surface area contributed by atoms with Crippen molar-refractivity contribution in [3.05, 3.63) is 155 Å². The SMILES string of the molecule is COCCOC(=O)N1C(=O)[C@@]2(c3cc(C#CCCO)ccc31)[C@H](c1ccc(OCCO)cc1)N1[C@H](c3ccccc3)[C@H](c3ccccc3)OC(=O)[C@H]1[C@@H]2C(=O)Nc1ccc(N2CCOCC2)cc1. The topological polar surface area (TPSA) is 177 Å². The summed E-state index contributed by atoms with van der Waals surface area (Å²) < 4.78 is 28.8. The number of fused-ring (bicyclic) bond motifs is 3. The molecule has 4 aliphatic heterocycles. The van der Waals surface area contributed by atoms with Crippen LogP contribution < -0.4 is 19.9 Å². The van der Waals surface area contributed by atoms with Crippen molar-refractivity contribution >= 4 is 40.9 Å². The molecule has 0 radical (unpaired) electrons. The Balaban J connectivity index is 1.31. The summed E-state index contributed by atoms with van der Waals surface area (Å²) in [5, 5.41) is 22.3. The van der Waals surface area contributed by atoms with Crippen LogP contribution in [-0.2, 0) is 38.7 Å². The van der Waals surface area contributed by atoms with Crippen LogP contribution in [0.15, 0.2) is 127 Å². The van der Waals surface area contributed by atoms with Crippen LogP contribution >= 0.6 is 0 Å². The highest BCUT2D eigenvalue weighted by molar-refractivity contribution is 6.24. The van der Waals surface area contributed by atoms with Crippen molar-refractivity contribution in [2.75, 3.05) is 81.6 Å². The lowest BCUT2D eigenvalue weighted by Crippen LogP contribution is -2.54. The Morgan fingerprint density at radius 1 is 0.794 bits per heavy atom. The fourth-order valence-corrected chi connectivity index (χ4v) is 10.2. The van der Waals surface area contributed by atoms with Gasteiger partial charge in [-0.05, 0) is 76.9 Å². The zero-order valence-electron chi connectivity index (χ0n) is 37.5. The number of nitrogens with zero attached hydrogens (tertiary/aromatic N) is 3. The predicted molar refractivity (Wildman–Crippen MR) is 251 cm³/mol. The predicted octanol–water partition coefficient (Wildman–Crippen LogP) is 5.72. The van der Waals surface area contributed by atoms with Crippen LogP contribution in [-0.4, -0.2) is 111 Å². The highest BCUT2D eigenvalue weighted by Gasteiger charge is 2.75. The molecule has 4 heterocycles. The number of esters is 1. The van der Waals surface area contributed by atoms with Crippen LogP contribution in [0.2, 0.25) is 0 Å². The van der Waals surface area contributed by atoms with Crippen molar-refractivity contribution in [3.63, 3.8) is 0 Å². The third-order valence-corrected chi connectivity index (χ3v) is 13.0. The molecule has 0 aromatic heterocycles. The molecule has 5 aromatic carbocycles. The van der Waals surface area contributed by atoms with Crippen LogP contribution in [0.5, 0.6) is 5.75 Å². The Kier molecular flexibility index (Phi) is 13.8. The number of ether oxygens (including phenoxy) is 5. The van der Waals surface area contributed by atoms with E-state index in [4.69, 9.17) is 23.7 Å². The summed E-state index contributed by atoms with van der Waals surface area (Å²) in [7, 11) is 1.46. The Morgan fingerprint density at radius 2 is 1.50 bits per heavy atom. The number of morpholine rings is 2. The van der Waals surface area contributed by atoms with Crippen LogP contribution in [0.1, 0.15) is 52.4 Å². The zero-order chi connectivity index (χ0) is 47.2. The largest absolute Gasteiger partial charge is 0.491 e. The Bertz CT molecular complexity index is 2670. The quantitative estimate of drug-likeness (QED) is 0.0744. The summed E-state index contributed by atoms with van der Waals surface area (Å²) in [4.78, 5) is 67.1. The summed E-state index contributed by atoms with van der Waals surface area (Å²) in [5.74, 6) is 2.71. The minimum atomic E-state index is -2.06. The molecular formula is C53H52N4O11. The number of hydrogen-bond donors (Lipinski definition) is 3. The van der Waals surface area contributed by atoms with Crippen LogP contribution in [0.3, 0.4) is 0 Å². The number of anilines is 3. The molecule has 0 aliphatic carbocycles. The Hall–Kier alpha value is -7.06. The molecule has 0 unspecified atom stereocenters. The number of rotatable bonds is 13. The normalized spacial score (nSPS) is 23.0. The molecule has 9 rings (SSSR count). The van der Waals surface area contributed by atoms with Gasteiger partial charge in [-0.2, -0.15) is 0 Å². The monoisotopic (exact) mass is 920 g/mol. The van der Waals surface area contributed by atoms with E-state index in [1.54, 1.807) is 54.6 Å².